The highest BCUT2D eigenvalue weighted by atomic mass is 16.3. The maximum absolute atomic E-state index is 10.1. The number of rotatable bonds is 2. The third kappa shape index (κ3) is 2.27. The third-order valence-corrected chi connectivity index (χ3v) is 7.28. The summed E-state index contributed by atoms with van der Waals surface area (Å²) >= 11 is 0. The Labute approximate surface area is 191 Å². The molecule has 7 rings (SSSR count). The van der Waals surface area contributed by atoms with Gasteiger partial charge in [-0.15, -0.1) is 0 Å². The number of hydrogen-bond acceptors (Lipinski definition) is 2. The van der Waals surface area contributed by atoms with Crippen molar-refractivity contribution in [1.82, 2.24) is 0 Å². The molecule has 2 N–H and O–H groups in total. The summed E-state index contributed by atoms with van der Waals surface area (Å²) in [6.45, 7) is 0. The van der Waals surface area contributed by atoms with Gasteiger partial charge < -0.3 is 10.2 Å². The second-order valence-corrected chi connectivity index (χ2v) is 8.88. The van der Waals surface area contributed by atoms with Gasteiger partial charge in [0.25, 0.3) is 0 Å². The summed E-state index contributed by atoms with van der Waals surface area (Å²) in [6.07, 6.45) is 0. The Morgan fingerprint density at radius 2 is 0.788 bits per heavy atom. The van der Waals surface area contributed by atoms with Crippen molar-refractivity contribution in [2.75, 3.05) is 0 Å². The molecule has 0 spiro atoms. The molecule has 0 atom stereocenters. The molecule has 1 aliphatic rings. The number of benzene rings is 6. The first-order chi connectivity index (χ1) is 16.2. The molecular weight excluding hydrogens is 404 g/mol. The quantitative estimate of drug-likeness (QED) is 0.287. The van der Waals surface area contributed by atoms with E-state index in [2.05, 4.69) is 60.7 Å². The van der Waals surface area contributed by atoms with Crippen LogP contribution in [0, 0.1) is 0 Å². The molecule has 0 heterocycles. The number of aromatic hydroxyl groups is 2. The molecule has 2 heteroatoms. The van der Waals surface area contributed by atoms with Crippen LogP contribution in [-0.4, -0.2) is 10.2 Å². The van der Waals surface area contributed by atoms with E-state index in [1.807, 2.05) is 24.3 Å². The Kier molecular flexibility index (Phi) is 3.53. The van der Waals surface area contributed by atoms with Crippen LogP contribution in [0.2, 0.25) is 0 Å². The number of phenols is 2. The lowest BCUT2D eigenvalue weighted by Crippen LogP contribution is -2.33. The first kappa shape index (κ1) is 18.3. The van der Waals surface area contributed by atoms with Gasteiger partial charge in [0.05, 0.1) is 5.41 Å². The molecule has 6 aromatic carbocycles. The largest absolute Gasteiger partial charge is 0.508 e. The van der Waals surface area contributed by atoms with Crippen LogP contribution in [-0.2, 0) is 5.41 Å². The average molecular weight is 424 g/mol. The maximum Gasteiger partial charge on any atom is 0.115 e. The van der Waals surface area contributed by atoms with Crippen molar-refractivity contribution in [3.63, 3.8) is 0 Å². The zero-order valence-electron chi connectivity index (χ0n) is 17.8. The summed E-state index contributed by atoms with van der Waals surface area (Å²) in [5, 5.41) is 27.7. The van der Waals surface area contributed by atoms with Crippen LogP contribution in [0.4, 0.5) is 0 Å². The molecule has 156 valence electrons. The fourth-order valence-electron chi connectivity index (χ4n) is 5.95. The fourth-order valence-corrected chi connectivity index (χ4v) is 5.95. The zero-order chi connectivity index (χ0) is 22.2. The van der Waals surface area contributed by atoms with Crippen molar-refractivity contribution in [3.05, 3.63) is 131 Å². The molecule has 0 aromatic heterocycles. The van der Waals surface area contributed by atoms with E-state index >= 15 is 0 Å². The van der Waals surface area contributed by atoms with E-state index in [0.29, 0.717) is 0 Å². The van der Waals surface area contributed by atoms with Crippen LogP contribution in [0.1, 0.15) is 22.3 Å². The molecule has 0 radical (unpaired) electrons. The summed E-state index contributed by atoms with van der Waals surface area (Å²) in [5.74, 6) is 0.490. The molecule has 2 nitrogen and oxygen atoms in total. The Bertz CT molecular complexity index is 1590. The van der Waals surface area contributed by atoms with Crippen LogP contribution in [0.5, 0.6) is 11.5 Å². The molecule has 0 amide bonds. The second-order valence-electron chi connectivity index (χ2n) is 8.88. The third-order valence-electron chi connectivity index (χ3n) is 7.28. The Balaban J connectivity index is 1.80. The lowest BCUT2D eigenvalue weighted by molar-refractivity contribution is 0.474. The predicted octanol–water partition coefficient (Wildman–Crippen LogP) is 7.25. The maximum atomic E-state index is 10.1. The minimum Gasteiger partial charge on any atom is -0.508 e. The monoisotopic (exact) mass is 424 g/mol. The molecule has 0 aliphatic heterocycles. The van der Waals surface area contributed by atoms with E-state index in [1.165, 1.54) is 43.4 Å². The van der Waals surface area contributed by atoms with Gasteiger partial charge in [-0.1, -0.05) is 84.9 Å². The first-order valence-corrected chi connectivity index (χ1v) is 11.1. The van der Waals surface area contributed by atoms with Crippen molar-refractivity contribution >= 4 is 32.3 Å². The lowest BCUT2D eigenvalue weighted by Gasteiger charge is -2.41. The second kappa shape index (κ2) is 6.36. The van der Waals surface area contributed by atoms with E-state index < -0.39 is 5.41 Å². The van der Waals surface area contributed by atoms with Gasteiger partial charge in [0.2, 0.25) is 0 Å². The lowest BCUT2D eigenvalue weighted by atomic mass is 9.60. The zero-order valence-corrected chi connectivity index (χ0v) is 17.8. The van der Waals surface area contributed by atoms with Crippen LogP contribution in [0.25, 0.3) is 32.3 Å². The molecule has 1 aliphatic carbocycles. The highest BCUT2D eigenvalue weighted by molar-refractivity contribution is 6.24. The van der Waals surface area contributed by atoms with Gasteiger partial charge in [-0.05, 0) is 78.8 Å². The summed E-state index contributed by atoms with van der Waals surface area (Å²) in [6, 6.07) is 37.1. The highest BCUT2D eigenvalue weighted by Crippen LogP contribution is 2.55. The summed E-state index contributed by atoms with van der Waals surface area (Å²) < 4.78 is 0. The normalized spacial score (nSPS) is 13.9. The Hall–Kier alpha value is -4.30. The SMILES string of the molecule is Oc1ccc(C2(c3ccc(O)cc3)c3cccc4ccc5ccc6cccc2c6c5c34)cc1. The van der Waals surface area contributed by atoms with E-state index in [1.54, 1.807) is 24.3 Å². The van der Waals surface area contributed by atoms with Gasteiger partial charge >= 0.3 is 0 Å². The van der Waals surface area contributed by atoms with Gasteiger partial charge in [0.1, 0.15) is 11.5 Å². The Morgan fingerprint density at radius 3 is 1.21 bits per heavy atom. The van der Waals surface area contributed by atoms with Crippen LogP contribution in [0.3, 0.4) is 0 Å². The summed E-state index contributed by atoms with van der Waals surface area (Å²) in [7, 11) is 0. The minimum atomic E-state index is -0.594. The van der Waals surface area contributed by atoms with Crippen LogP contribution >= 0.6 is 0 Å². The van der Waals surface area contributed by atoms with Crippen molar-refractivity contribution in [2.45, 2.75) is 5.41 Å². The molecule has 0 saturated heterocycles. The summed E-state index contributed by atoms with van der Waals surface area (Å²) in [5.41, 5.74) is 4.00. The highest BCUT2D eigenvalue weighted by Gasteiger charge is 2.43. The predicted molar refractivity (Wildman–Crippen MR) is 134 cm³/mol. The smallest absolute Gasteiger partial charge is 0.115 e. The topological polar surface area (TPSA) is 40.5 Å². The first-order valence-electron chi connectivity index (χ1n) is 11.1. The minimum absolute atomic E-state index is 0.245. The van der Waals surface area contributed by atoms with Crippen molar-refractivity contribution in [3.8, 4) is 11.5 Å². The molecule has 0 saturated carbocycles. The van der Waals surface area contributed by atoms with E-state index in [4.69, 9.17) is 0 Å². The van der Waals surface area contributed by atoms with Crippen molar-refractivity contribution in [2.24, 2.45) is 0 Å². The molecule has 0 fully saturated rings. The van der Waals surface area contributed by atoms with Gasteiger partial charge in [-0.2, -0.15) is 0 Å². The van der Waals surface area contributed by atoms with Crippen molar-refractivity contribution < 1.29 is 10.2 Å². The molecule has 6 aromatic rings. The van der Waals surface area contributed by atoms with Gasteiger partial charge in [0, 0.05) is 0 Å². The Morgan fingerprint density at radius 1 is 0.394 bits per heavy atom. The van der Waals surface area contributed by atoms with E-state index in [0.717, 1.165) is 11.1 Å². The molecule has 33 heavy (non-hydrogen) atoms. The van der Waals surface area contributed by atoms with Gasteiger partial charge in [-0.25, -0.2) is 0 Å². The molecule has 0 bridgehead atoms. The summed E-state index contributed by atoms with van der Waals surface area (Å²) in [4.78, 5) is 0. The van der Waals surface area contributed by atoms with Gasteiger partial charge in [0.15, 0.2) is 0 Å². The molecular formula is C31H20O2. The standard InChI is InChI=1S/C31H20O2/c32-24-15-11-22(12-16-24)31(23-13-17-25(33)18-14-23)26-5-1-3-19-7-9-21-10-8-20-4-2-6-27(31)29(20)30(21)28(19)26/h1-18,32-33H. The average Bonchev–Trinajstić information content (AvgIpc) is 2.86. The van der Waals surface area contributed by atoms with Crippen LogP contribution < -0.4 is 0 Å². The molecule has 0 unspecified atom stereocenters. The van der Waals surface area contributed by atoms with Crippen molar-refractivity contribution in [1.29, 1.82) is 0 Å². The van der Waals surface area contributed by atoms with Gasteiger partial charge in [-0.3, -0.25) is 0 Å². The number of hydrogen-bond donors (Lipinski definition) is 2. The van der Waals surface area contributed by atoms with Crippen LogP contribution in [0.15, 0.2) is 109 Å². The van der Waals surface area contributed by atoms with E-state index in [-0.39, 0.29) is 11.5 Å². The number of phenolic OH excluding ortho intramolecular Hbond substituents is 2. The van der Waals surface area contributed by atoms with E-state index in [9.17, 15) is 10.2 Å². The fraction of sp³-hybridized carbons (Fsp3) is 0.0323.